The van der Waals surface area contributed by atoms with Crippen LogP contribution in [0.15, 0.2) is 48.5 Å². The van der Waals surface area contributed by atoms with Crippen molar-refractivity contribution >= 4 is 36.4 Å². The van der Waals surface area contributed by atoms with Crippen molar-refractivity contribution in [2.24, 2.45) is 5.73 Å². The summed E-state index contributed by atoms with van der Waals surface area (Å²) < 4.78 is 13.1. The Morgan fingerprint density at radius 3 is 2.33 bits per heavy atom. The number of nitrogens with one attached hydrogen (secondary N) is 2. The van der Waals surface area contributed by atoms with Gasteiger partial charge >= 0.3 is 0 Å². The summed E-state index contributed by atoms with van der Waals surface area (Å²) in [5.41, 5.74) is 8.10. The Bertz CT molecular complexity index is 638. The van der Waals surface area contributed by atoms with E-state index in [0.29, 0.717) is 13.1 Å². The van der Waals surface area contributed by atoms with Crippen molar-refractivity contribution in [3.05, 3.63) is 65.5 Å². The second-order valence-electron chi connectivity index (χ2n) is 5.19. The highest BCUT2D eigenvalue weighted by molar-refractivity contribution is 5.85. The quantitative estimate of drug-likeness (QED) is 0.697. The number of rotatable bonds is 7. The fourth-order valence-electron chi connectivity index (χ4n) is 1.96. The van der Waals surface area contributed by atoms with Gasteiger partial charge < -0.3 is 16.4 Å². The van der Waals surface area contributed by atoms with Crippen LogP contribution in [0.4, 0.5) is 10.1 Å². The summed E-state index contributed by atoms with van der Waals surface area (Å²) in [5, 5.41) is 6.28. The summed E-state index contributed by atoms with van der Waals surface area (Å²) in [6, 6.07) is 14.0. The fourth-order valence-corrected chi connectivity index (χ4v) is 1.96. The first kappa shape index (κ1) is 22.2. The zero-order chi connectivity index (χ0) is 15.9. The lowest BCUT2D eigenvalue weighted by atomic mass is 10.1. The third kappa shape index (κ3) is 7.17. The van der Waals surface area contributed by atoms with Crippen LogP contribution >= 0.6 is 24.8 Å². The molecular formula is C17H22Cl2FN3O. The molecule has 0 aliphatic heterocycles. The van der Waals surface area contributed by atoms with Gasteiger partial charge in [0.1, 0.15) is 5.82 Å². The molecule has 0 aromatic heterocycles. The van der Waals surface area contributed by atoms with Gasteiger partial charge in [0.25, 0.3) is 0 Å². The van der Waals surface area contributed by atoms with E-state index in [1.54, 1.807) is 13.0 Å². The minimum atomic E-state index is -0.367. The molecule has 0 spiro atoms. The molecule has 0 saturated heterocycles. The highest BCUT2D eigenvalue weighted by Gasteiger charge is 2.06. The van der Waals surface area contributed by atoms with Crippen LogP contribution in [-0.4, -0.2) is 11.9 Å². The first-order valence-electron chi connectivity index (χ1n) is 7.14. The van der Waals surface area contributed by atoms with Crippen LogP contribution in [0, 0.1) is 5.82 Å². The number of hydrogen-bond acceptors (Lipinski definition) is 3. The summed E-state index contributed by atoms with van der Waals surface area (Å²) in [6.45, 7) is 2.87. The van der Waals surface area contributed by atoms with Gasteiger partial charge in [0, 0.05) is 18.8 Å². The molecule has 0 aliphatic carbocycles. The van der Waals surface area contributed by atoms with E-state index < -0.39 is 0 Å². The summed E-state index contributed by atoms with van der Waals surface area (Å²) >= 11 is 0. The van der Waals surface area contributed by atoms with E-state index in [2.05, 4.69) is 10.6 Å². The maximum Gasteiger partial charge on any atom is 0.234 e. The van der Waals surface area contributed by atoms with Crippen molar-refractivity contribution in [1.29, 1.82) is 0 Å². The molecule has 0 aliphatic rings. The molecule has 4 N–H and O–H groups in total. The molecule has 7 heteroatoms. The third-order valence-corrected chi connectivity index (χ3v) is 3.38. The number of primary amides is 1. The standard InChI is InChI=1S/C17H20FN3O.2ClH/c1-12(17(19)22)20-10-13-5-7-16(8-6-13)21-11-14-3-2-4-15(18)9-14;;/h2-9,12,20-21H,10-11H2,1H3,(H2,19,22);2*1H. The summed E-state index contributed by atoms with van der Waals surface area (Å²) in [6.07, 6.45) is 0. The van der Waals surface area contributed by atoms with Crippen molar-refractivity contribution < 1.29 is 9.18 Å². The van der Waals surface area contributed by atoms with Gasteiger partial charge in [0.05, 0.1) is 6.04 Å². The molecule has 4 nitrogen and oxygen atoms in total. The Balaban J connectivity index is 0.00000264. The maximum absolute atomic E-state index is 13.1. The van der Waals surface area contributed by atoms with Crippen molar-refractivity contribution in [1.82, 2.24) is 5.32 Å². The van der Waals surface area contributed by atoms with Gasteiger partial charge in [-0.3, -0.25) is 4.79 Å². The topological polar surface area (TPSA) is 67.2 Å². The van der Waals surface area contributed by atoms with E-state index >= 15 is 0 Å². The van der Waals surface area contributed by atoms with Crippen molar-refractivity contribution in [2.45, 2.75) is 26.1 Å². The zero-order valence-electron chi connectivity index (χ0n) is 13.3. The fraction of sp³-hybridized carbons (Fsp3) is 0.235. The minimum Gasteiger partial charge on any atom is -0.381 e. The maximum atomic E-state index is 13.1. The largest absolute Gasteiger partial charge is 0.381 e. The predicted octanol–water partition coefficient (Wildman–Crippen LogP) is 3.24. The molecule has 2 aromatic carbocycles. The predicted molar refractivity (Wildman–Crippen MR) is 100 cm³/mol. The van der Waals surface area contributed by atoms with Crippen molar-refractivity contribution in [3.63, 3.8) is 0 Å². The minimum absolute atomic E-state index is 0. The van der Waals surface area contributed by atoms with Crippen LogP contribution in [0.1, 0.15) is 18.1 Å². The molecule has 2 aromatic rings. The van der Waals surface area contributed by atoms with Gasteiger partial charge in [-0.1, -0.05) is 24.3 Å². The third-order valence-electron chi connectivity index (χ3n) is 3.38. The van der Waals surface area contributed by atoms with Gasteiger partial charge in [-0.2, -0.15) is 0 Å². The molecule has 2 rings (SSSR count). The average Bonchev–Trinajstić information content (AvgIpc) is 2.51. The van der Waals surface area contributed by atoms with Crippen molar-refractivity contribution in [3.8, 4) is 0 Å². The molecule has 0 fully saturated rings. The lowest BCUT2D eigenvalue weighted by molar-refractivity contribution is -0.119. The Morgan fingerprint density at radius 2 is 1.75 bits per heavy atom. The second-order valence-corrected chi connectivity index (χ2v) is 5.19. The molecule has 24 heavy (non-hydrogen) atoms. The summed E-state index contributed by atoms with van der Waals surface area (Å²) in [4.78, 5) is 10.9. The Hall–Kier alpha value is -1.82. The first-order chi connectivity index (χ1) is 10.5. The summed E-state index contributed by atoms with van der Waals surface area (Å²) in [7, 11) is 0. The zero-order valence-corrected chi connectivity index (χ0v) is 14.9. The van der Waals surface area contributed by atoms with Gasteiger partial charge in [-0.05, 0) is 42.3 Å². The average molecular weight is 374 g/mol. The van der Waals surface area contributed by atoms with Gasteiger partial charge in [-0.25, -0.2) is 4.39 Å². The van der Waals surface area contributed by atoms with E-state index in [0.717, 1.165) is 16.8 Å². The monoisotopic (exact) mass is 373 g/mol. The molecule has 0 bridgehead atoms. The van der Waals surface area contributed by atoms with Gasteiger partial charge in [0.15, 0.2) is 0 Å². The first-order valence-corrected chi connectivity index (χ1v) is 7.14. The number of benzene rings is 2. The number of nitrogens with two attached hydrogens (primary N) is 1. The van der Waals surface area contributed by atoms with Crippen LogP contribution in [0.25, 0.3) is 0 Å². The number of anilines is 1. The lowest BCUT2D eigenvalue weighted by Gasteiger charge is -2.11. The Morgan fingerprint density at radius 1 is 1.08 bits per heavy atom. The molecule has 1 unspecified atom stereocenters. The highest BCUT2D eigenvalue weighted by atomic mass is 35.5. The molecule has 0 saturated carbocycles. The van der Waals surface area contributed by atoms with E-state index in [1.807, 2.05) is 30.3 Å². The van der Waals surface area contributed by atoms with Crippen LogP contribution in [0.3, 0.4) is 0 Å². The van der Waals surface area contributed by atoms with E-state index in [4.69, 9.17) is 5.73 Å². The Labute approximate surface area is 153 Å². The number of halogens is 3. The molecule has 1 amide bonds. The second kappa shape index (κ2) is 10.9. The van der Waals surface area contributed by atoms with E-state index in [-0.39, 0.29) is 42.6 Å². The number of carbonyl (C=O) groups is 1. The van der Waals surface area contributed by atoms with Crippen LogP contribution in [-0.2, 0) is 17.9 Å². The highest BCUT2D eigenvalue weighted by Crippen LogP contribution is 2.12. The lowest BCUT2D eigenvalue weighted by Crippen LogP contribution is -2.38. The van der Waals surface area contributed by atoms with Crippen LogP contribution < -0.4 is 16.4 Å². The molecule has 0 heterocycles. The SMILES string of the molecule is CC(NCc1ccc(NCc2cccc(F)c2)cc1)C(N)=O.Cl.Cl. The Kier molecular flexibility index (Phi) is 10.0. The number of carbonyl (C=O) groups excluding carboxylic acids is 1. The van der Waals surface area contributed by atoms with Crippen LogP contribution in [0.2, 0.25) is 0 Å². The number of amides is 1. The molecular weight excluding hydrogens is 352 g/mol. The van der Waals surface area contributed by atoms with E-state index in [9.17, 15) is 9.18 Å². The molecule has 0 radical (unpaired) electrons. The molecule has 1 atom stereocenters. The van der Waals surface area contributed by atoms with Crippen LogP contribution in [0.5, 0.6) is 0 Å². The summed E-state index contributed by atoms with van der Waals surface area (Å²) in [5.74, 6) is -0.599. The van der Waals surface area contributed by atoms with E-state index in [1.165, 1.54) is 12.1 Å². The van der Waals surface area contributed by atoms with Crippen molar-refractivity contribution in [2.75, 3.05) is 5.32 Å². The normalized spacial score (nSPS) is 10.9. The van der Waals surface area contributed by atoms with Gasteiger partial charge in [-0.15, -0.1) is 24.8 Å². The smallest absolute Gasteiger partial charge is 0.234 e. The number of hydrogen-bond donors (Lipinski definition) is 3. The van der Waals surface area contributed by atoms with Gasteiger partial charge in [0.2, 0.25) is 5.91 Å². The molecule has 132 valence electrons.